The van der Waals surface area contributed by atoms with E-state index in [2.05, 4.69) is 4.90 Å². The molecule has 1 saturated carbocycles. The van der Waals surface area contributed by atoms with Crippen LogP contribution in [0.3, 0.4) is 0 Å². The number of rotatable bonds is 4. The Bertz CT molecular complexity index is 378. The zero-order valence-corrected chi connectivity index (χ0v) is 13.6. The zero-order valence-electron chi connectivity index (χ0n) is 13.6. The van der Waals surface area contributed by atoms with Crippen molar-refractivity contribution in [2.45, 2.75) is 50.5 Å². The number of β-amino-alcohol motifs (C(OH)–C–C–N with tert-alkyl or cyclic N) is 1. The van der Waals surface area contributed by atoms with Gasteiger partial charge in [-0.15, -0.1) is 0 Å². The Morgan fingerprint density at radius 3 is 2.55 bits per heavy atom. The van der Waals surface area contributed by atoms with Crippen molar-refractivity contribution in [3.8, 4) is 0 Å². The zero-order chi connectivity index (χ0) is 15.4. The number of nitrogens with zero attached hydrogens (tertiary/aromatic N) is 2. The standard InChI is InChI=1S/C17H30N2O3/c20-16-17(21,14-18-9-11-22-12-10-18)7-4-8-19(16)13-15-5-2-1-3-6-15/h15,21H,1-14H2. The number of likely N-dealkylation sites (tertiary alicyclic amines) is 1. The third-order valence-electron chi connectivity index (χ3n) is 5.50. The van der Waals surface area contributed by atoms with Gasteiger partial charge in [0.15, 0.2) is 5.60 Å². The number of ether oxygens (including phenoxy) is 1. The van der Waals surface area contributed by atoms with Gasteiger partial charge in [-0.05, 0) is 31.6 Å². The molecule has 0 spiro atoms. The van der Waals surface area contributed by atoms with E-state index in [0.717, 1.165) is 32.6 Å². The van der Waals surface area contributed by atoms with Crippen LogP contribution in [0.15, 0.2) is 0 Å². The number of hydrogen-bond acceptors (Lipinski definition) is 4. The summed E-state index contributed by atoms with van der Waals surface area (Å²) in [6, 6.07) is 0. The summed E-state index contributed by atoms with van der Waals surface area (Å²) in [4.78, 5) is 16.9. The van der Waals surface area contributed by atoms with Crippen molar-refractivity contribution in [2.24, 2.45) is 5.92 Å². The van der Waals surface area contributed by atoms with Gasteiger partial charge in [0, 0.05) is 32.7 Å². The van der Waals surface area contributed by atoms with E-state index in [1.807, 2.05) is 4.90 Å². The quantitative estimate of drug-likeness (QED) is 0.849. The summed E-state index contributed by atoms with van der Waals surface area (Å²) in [5.74, 6) is 0.610. The highest BCUT2D eigenvalue weighted by Crippen LogP contribution is 2.29. The highest BCUT2D eigenvalue weighted by atomic mass is 16.5. The van der Waals surface area contributed by atoms with Crippen molar-refractivity contribution in [1.82, 2.24) is 9.80 Å². The molecule has 0 bridgehead atoms. The molecule has 2 heterocycles. The minimum absolute atomic E-state index is 0.0317. The van der Waals surface area contributed by atoms with Crippen LogP contribution < -0.4 is 0 Å². The molecule has 1 unspecified atom stereocenters. The lowest BCUT2D eigenvalue weighted by Crippen LogP contribution is -2.60. The van der Waals surface area contributed by atoms with Gasteiger partial charge in [-0.2, -0.15) is 0 Å². The molecular formula is C17H30N2O3. The van der Waals surface area contributed by atoms with Crippen LogP contribution >= 0.6 is 0 Å². The van der Waals surface area contributed by atoms with Gasteiger partial charge < -0.3 is 14.7 Å². The van der Waals surface area contributed by atoms with Gasteiger partial charge in [0.05, 0.1) is 13.2 Å². The SMILES string of the molecule is O=C1N(CC2CCCCC2)CCCC1(O)CN1CCOCC1. The Balaban J connectivity index is 1.58. The molecule has 0 aromatic heterocycles. The first-order valence-corrected chi connectivity index (χ1v) is 8.99. The normalized spacial score (nSPS) is 32.4. The molecule has 1 N–H and O–H groups in total. The maximum atomic E-state index is 12.8. The van der Waals surface area contributed by atoms with Crippen molar-refractivity contribution >= 4 is 5.91 Å². The van der Waals surface area contributed by atoms with Crippen LogP contribution in [0.4, 0.5) is 0 Å². The lowest BCUT2D eigenvalue weighted by molar-refractivity contribution is -0.161. The molecule has 22 heavy (non-hydrogen) atoms. The number of piperidine rings is 1. The van der Waals surface area contributed by atoms with Gasteiger partial charge in [0.25, 0.3) is 5.91 Å². The third kappa shape index (κ3) is 3.81. The summed E-state index contributed by atoms with van der Waals surface area (Å²) in [5, 5.41) is 10.9. The predicted octanol–water partition coefficient (Wildman–Crippen LogP) is 1.25. The number of aliphatic hydroxyl groups is 1. The molecule has 2 saturated heterocycles. The molecule has 1 amide bonds. The lowest BCUT2D eigenvalue weighted by Gasteiger charge is -2.42. The monoisotopic (exact) mass is 310 g/mol. The summed E-state index contributed by atoms with van der Waals surface area (Å²) in [6.45, 7) is 5.18. The number of carbonyl (C=O) groups excluding carboxylic acids is 1. The second kappa shape index (κ2) is 7.28. The van der Waals surface area contributed by atoms with Crippen LogP contribution in [0, 0.1) is 5.92 Å². The van der Waals surface area contributed by atoms with Gasteiger partial charge in [0.1, 0.15) is 0 Å². The molecule has 3 fully saturated rings. The largest absolute Gasteiger partial charge is 0.379 e. The van der Waals surface area contributed by atoms with E-state index < -0.39 is 5.60 Å². The molecule has 1 atom stereocenters. The fourth-order valence-corrected chi connectivity index (χ4v) is 4.20. The molecule has 3 aliphatic rings. The first kappa shape index (κ1) is 16.2. The molecule has 1 aliphatic carbocycles. The molecular weight excluding hydrogens is 280 g/mol. The highest BCUT2D eigenvalue weighted by molar-refractivity contribution is 5.86. The Kier molecular flexibility index (Phi) is 5.37. The van der Waals surface area contributed by atoms with Crippen LogP contribution in [0.2, 0.25) is 0 Å². The maximum absolute atomic E-state index is 12.8. The van der Waals surface area contributed by atoms with Crippen molar-refractivity contribution in [3.05, 3.63) is 0 Å². The fourth-order valence-electron chi connectivity index (χ4n) is 4.20. The van der Waals surface area contributed by atoms with Crippen molar-refractivity contribution in [1.29, 1.82) is 0 Å². The number of morpholine rings is 1. The summed E-state index contributed by atoms with van der Waals surface area (Å²) in [5.41, 5.74) is -1.18. The van der Waals surface area contributed by atoms with E-state index in [4.69, 9.17) is 4.74 Å². The molecule has 2 aliphatic heterocycles. The lowest BCUT2D eigenvalue weighted by atomic mass is 9.86. The van der Waals surface area contributed by atoms with Gasteiger partial charge in [0.2, 0.25) is 0 Å². The molecule has 126 valence electrons. The molecule has 5 heteroatoms. The summed E-state index contributed by atoms with van der Waals surface area (Å²) >= 11 is 0. The van der Waals surface area contributed by atoms with Crippen LogP contribution in [-0.2, 0) is 9.53 Å². The maximum Gasteiger partial charge on any atom is 0.255 e. The van der Waals surface area contributed by atoms with E-state index in [1.165, 1.54) is 32.1 Å². The van der Waals surface area contributed by atoms with Crippen LogP contribution in [0.25, 0.3) is 0 Å². The van der Waals surface area contributed by atoms with Crippen LogP contribution in [0.1, 0.15) is 44.9 Å². The summed E-state index contributed by atoms with van der Waals surface area (Å²) in [6.07, 6.45) is 7.93. The van der Waals surface area contributed by atoms with E-state index in [1.54, 1.807) is 0 Å². The molecule has 3 rings (SSSR count). The Labute approximate surface area is 133 Å². The van der Waals surface area contributed by atoms with Gasteiger partial charge in [-0.1, -0.05) is 19.3 Å². The average molecular weight is 310 g/mol. The smallest absolute Gasteiger partial charge is 0.255 e. The number of amides is 1. The highest BCUT2D eigenvalue weighted by Gasteiger charge is 2.43. The van der Waals surface area contributed by atoms with Crippen molar-refractivity contribution in [2.75, 3.05) is 45.9 Å². The van der Waals surface area contributed by atoms with Gasteiger partial charge in [-0.25, -0.2) is 0 Å². The molecule has 0 aromatic rings. The van der Waals surface area contributed by atoms with Crippen LogP contribution in [-0.4, -0.2) is 72.4 Å². The van der Waals surface area contributed by atoms with E-state index in [-0.39, 0.29) is 5.91 Å². The summed E-state index contributed by atoms with van der Waals surface area (Å²) in [7, 11) is 0. The summed E-state index contributed by atoms with van der Waals surface area (Å²) < 4.78 is 5.35. The minimum Gasteiger partial charge on any atom is -0.379 e. The van der Waals surface area contributed by atoms with Crippen LogP contribution in [0.5, 0.6) is 0 Å². The molecule has 5 nitrogen and oxygen atoms in total. The molecule has 0 radical (unpaired) electrons. The second-order valence-electron chi connectivity index (χ2n) is 7.28. The van der Waals surface area contributed by atoms with Gasteiger partial charge in [-0.3, -0.25) is 9.69 Å². The Morgan fingerprint density at radius 2 is 1.82 bits per heavy atom. The topological polar surface area (TPSA) is 53.0 Å². The second-order valence-corrected chi connectivity index (χ2v) is 7.28. The Morgan fingerprint density at radius 1 is 1.09 bits per heavy atom. The average Bonchev–Trinajstić information content (AvgIpc) is 2.54. The third-order valence-corrected chi connectivity index (χ3v) is 5.50. The predicted molar refractivity (Wildman–Crippen MR) is 84.6 cm³/mol. The van der Waals surface area contributed by atoms with E-state index in [0.29, 0.717) is 32.1 Å². The molecule has 0 aromatic carbocycles. The van der Waals surface area contributed by atoms with E-state index >= 15 is 0 Å². The first-order chi connectivity index (χ1) is 10.7. The first-order valence-electron chi connectivity index (χ1n) is 8.99. The minimum atomic E-state index is -1.18. The number of carbonyl (C=O) groups is 1. The fraction of sp³-hybridized carbons (Fsp3) is 0.941. The van der Waals surface area contributed by atoms with E-state index in [9.17, 15) is 9.90 Å². The van der Waals surface area contributed by atoms with Gasteiger partial charge >= 0.3 is 0 Å². The Hall–Kier alpha value is -0.650. The van der Waals surface area contributed by atoms with Crippen molar-refractivity contribution < 1.29 is 14.6 Å². The van der Waals surface area contributed by atoms with Crippen molar-refractivity contribution in [3.63, 3.8) is 0 Å². The number of hydrogen-bond donors (Lipinski definition) is 1.